The molecule has 7 heteroatoms. The molecule has 23 heavy (non-hydrogen) atoms. The molecule has 2 aromatic rings. The molecule has 0 spiro atoms. The van der Waals surface area contributed by atoms with Gasteiger partial charge in [0.2, 0.25) is 11.8 Å². The molecule has 0 fully saturated rings. The number of carbonyl (C=O) groups is 2. The second-order valence-electron chi connectivity index (χ2n) is 4.81. The van der Waals surface area contributed by atoms with Crippen LogP contribution < -0.4 is 21.1 Å². The maximum absolute atomic E-state index is 11.6. The van der Waals surface area contributed by atoms with Gasteiger partial charge < -0.3 is 21.1 Å². The molecular weight excluding hydrogens is 318 g/mol. The van der Waals surface area contributed by atoms with Gasteiger partial charge in [0.1, 0.15) is 5.75 Å². The zero-order valence-electron chi connectivity index (χ0n) is 12.8. The van der Waals surface area contributed by atoms with E-state index in [-0.39, 0.29) is 37.3 Å². The number of ether oxygens (including phenoxy) is 1. The average Bonchev–Trinajstić information content (AvgIpc) is 2.56. The van der Waals surface area contributed by atoms with Gasteiger partial charge in [-0.1, -0.05) is 18.2 Å². The number of nitrogens with two attached hydrogens (primary N) is 1. The summed E-state index contributed by atoms with van der Waals surface area (Å²) in [4.78, 5) is 22.6. The molecule has 4 N–H and O–H groups in total. The smallest absolute Gasteiger partial charge is 0.239 e. The van der Waals surface area contributed by atoms with Crippen molar-refractivity contribution < 1.29 is 14.3 Å². The molecule has 2 amide bonds. The van der Waals surface area contributed by atoms with Gasteiger partial charge >= 0.3 is 0 Å². The standard InChI is InChI=1S/C16H19N3O3.ClH/c1-22-14-5-4-12-6-11(2-3-13(12)7-14)9-18-16(21)10-19-15(20)8-17;/h2-7H,8-10,17H2,1H3,(H,18,21)(H,19,20);1H. The van der Waals surface area contributed by atoms with Crippen LogP contribution in [0.3, 0.4) is 0 Å². The van der Waals surface area contributed by atoms with Gasteiger partial charge in [-0.3, -0.25) is 9.59 Å². The van der Waals surface area contributed by atoms with E-state index in [9.17, 15) is 9.59 Å². The summed E-state index contributed by atoms with van der Waals surface area (Å²) in [6.07, 6.45) is 0. The highest BCUT2D eigenvalue weighted by Crippen LogP contribution is 2.21. The summed E-state index contributed by atoms with van der Waals surface area (Å²) in [6, 6.07) is 11.8. The van der Waals surface area contributed by atoms with Crippen molar-refractivity contribution in [2.75, 3.05) is 20.2 Å². The van der Waals surface area contributed by atoms with Gasteiger partial charge in [0.05, 0.1) is 20.2 Å². The molecule has 0 radical (unpaired) electrons. The Morgan fingerprint density at radius 3 is 2.43 bits per heavy atom. The molecule has 0 atom stereocenters. The van der Waals surface area contributed by atoms with Crippen molar-refractivity contribution in [1.29, 1.82) is 0 Å². The van der Waals surface area contributed by atoms with Crippen LogP contribution in [-0.2, 0) is 16.1 Å². The first-order valence-corrected chi connectivity index (χ1v) is 6.92. The van der Waals surface area contributed by atoms with E-state index >= 15 is 0 Å². The largest absolute Gasteiger partial charge is 0.497 e. The van der Waals surface area contributed by atoms with Crippen molar-refractivity contribution in [1.82, 2.24) is 10.6 Å². The van der Waals surface area contributed by atoms with Gasteiger partial charge in [-0.25, -0.2) is 0 Å². The molecule has 0 aliphatic carbocycles. The van der Waals surface area contributed by atoms with Crippen LogP contribution in [0.5, 0.6) is 5.75 Å². The van der Waals surface area contributed by atoms with E-state index in [0.717, 1.165) is 22.1 Å². The second-order valence-corrected chi connectivity index (χ2v) is 4.81. The highest BCUT2D eigenvalue weighted by Gasteiger charge is 2.04. The number of rotatable bonds is 6. The van der Waals surface area contributed by atoms with Crippen LogP contribution in [0.4, 0.5) is 0 Å². The molecule has 0 saturated heterocycles. The predicted molar refractivity (Wildman–Crippen MR) is 91.7 cm³/mol. The fraction of sp³-hybridized carbons (Fsp3) is 0.250. The Labute approximate surface area is 140 Å². The monoisotopic (exact) mass is 337 g/mol. The van der Waals surface area contributed by atoms with Crippen LogP contribution in [0.25, 0.3) is 10.8 Å². The fourth-order valence-electron chi connectivity index (χ4n) is 2.02. The highest BCUT2D eigenvalue weighted by atomic mass is 35.5. The summed E-state index contributed by atoms with van der Waals surface area (Å²) >= 11 is 0. The Bertz CT molecular complexity index is 691. The molecule has 2 aromatic carbocycles. The third-order valence-corrected chi connectivity index (χ3v) is 3.23. The van der Waals surface area contributed by atoms with Crippen LogP contribution >= 0.6 is 12.4 Å². The minimum Gasteiger partial charge on any atom is -0.497 e. The SMILES string of the molecule is COc1ccc2cc(CNC(=O)CNC(=O)CN)ccc2c1.Cl. The molecule has 0 aliphatic rings. The first-order chi connectivity index (χ1) is 10.6. The molecule has 0 aromatic heterocycles. The van der Waals surface area contributed by atoms with Crippen LogP contribution in [0.1, 0.15) is 5.56 Å². The van der Waals surface area contributed by atoms with Gasteiger partial charge in [-0.05, 0) is 34.5 Å². The van der Waals surface area contributed by atoms with Gasteiger partial charge in [0, 0.05) is 6.54 Å². The van der Waals surface area contributed by atoms with Gasteiger partial charge in [0.15, 0.2) is 0 Å². The van der Waals surface area contributed by atoms with E-state index in [1.54, 1.807) is 7.11 Å². The maximum Gasteiger partial charge on any atom is 0.239 e. The Kier molecular flexibility index (Phi) is 7.31. The zero-order valence-corrected chi connectivity index (χ0v) is 13.6. The summed E-state index contributed by atoms with van der Waals surface area (Å²) in [5, 5.41) is 7.31. The first-order valence-electron chi connectivity index (χ1n) is 6.92. The van der Waals surface area contributed by atoms with Crippen molar-refractivity contribution in [3.8, 4) is 5.75 Å². The fourth-order valence-corrected chi connectivity index (χ4v) is 2.02. The van der Waals surface area contributed by atoms with Crippen molar-refractivity contribution in [2.45, 2.75) is 6.54 Å². The Morgan fingerprint density at radius 1 is 1.04 bits per heavy atom. The minimum atomic E-state index is -0.352. The molecule has 6 nitrogen and oxygen atoms in total. The molecule has 0 bridgehead atoms. The molecule has 0 saturated carbocycles. The molecule has 0 heterocycles. The van der Waals surface area contributed by atoms with Crippen molar-refractivity contribution >= 4 is 35.0 Å². The summed E-state index contributed by atoms with van der Waals surface area (Å²) in [6.45, 7) is 0.210. The number of fused-ring (bicyclic) bond motifs is 1. The summed E-state index contributed by atoms with van der Waals surface area (Å²) in [7, 11) is 1.63. The molecule has 124 valence electrons. The van der Waals surface area contributed by atoms with E-state index in [0.29, 0.717) is 6.54 Å². The number of carbonyl (C=O) groups excluding carboxylic acids is 2. The number of nitrogens with one attached hydrogen (secondary N) is 2. The number of methoxy groups -OCH3 is 1. The number of hydrogen-bond acceptors (Lipinski definition) is 4. The lowest BCUT2D eigenvalue weighted by Crippen LogP contribution is -2.39. The van der Waals surface area contributed by atoms with Crippen LogP contribution in [0, 0.1) is 0 Å². The van der Waals surface area contributed by atoms with E-state index in [1.165, 1.54) is 0 Å². The Balaban J connectivity index is 0.00000264. The Hall–Kier alpha value is -2.31. The summed E-state index contributed by atoms with van der Waals surface area (Å²) in [5.41, 5.74) is 6.13. The van der Waals surface area contributed by atoms with E-state index in [2.05, 4.69) is 10.6 Å². The highest BCUT2D eigenvalue weighted by molar-refractivity contribution is 5.86. The second kappa shape index (κ2) is 8.97. The quantitative estimate of drug-likeness (QED) is 0.732. The van der Waals surface area contributed by atoms with E-state index < -0.39 is 0 Å². The van der Waals surface area contributed by atoms with Gasteiger partial charge in [-0.15, -0.1) is 12.4 Å². The number of benzene rings is 2. The van der Waals surface area contributed by atoms with Crippen molar-refractivity contribution in [3.05, 3.63) is 42.0 Å². The van der Waals surface area contributed by atoms with Crippen LogP contribution in [-0.4, -0.2) is 32.0 Å². The molecule has 0 unspecified atom stereocenters. The van der Waals surface area contributed by atoms with E-state index in [4.69, 9.17) is 10.5 Å². The summed E-state index contributed by atoms with van der Waals surface area (Å²) < 4.78 is 5.19. The topological polar surface area (TPSA) is 93.5 Å². The lowest BCUT2D eigenvalue weighted by molar-refractivity contribution is -0.125. The van der Waals surface area contributed by atoms with Gasteiger partial charge in [0.25, 0.3) is 0 Å². The average molecular weight is 338 g/mol. The van der Waals surface area contributed by atoms with Crippen molar-refractivity contribution in [2.24, 2.45) is 5.73 Å². The molecular formula is C16H20ClN3O3. The molecule has 2 rings (SSSR count). The first kappa shape index (κ1) is 18.7. The van der Waals surface area contributed by atoms with Crippen LogP contribution in [0.15, 0.2) is 36.4 Å². The van der Waals surface area contributed by atoms with Crippen molar-refractivity contribution in [3.63, 3.8) is 0 Å². The maximum atomic E-state index is 11.6. The normalized spacial score (nSPS) is 9.83. The zero-order chi connectivity index (χ0) is 15.9. The molecule has 0 aliphatic heterocycles. The third kappa shape index (κ3) is 5.43. The summed E-state index contributed by atoms with van der Waals surface area (Å²) in [5.74, 6) is 0.204. The number of amides is 2. The number of halogens is 1. The lowest BCUT2D eigenvalue weighted by Gasteiger charge is -2.08. The predicted octanol–water partition coefficient (Wildman–Crippen LogP) is 0.961. The number of hydrogen-bond donors (Lipinski definition) is 3. The van der Waals surface area contributed by atoms with Gasteiger partial charge in [-0.2, -0.15) is 0 Å². The minimum absolute atomic E-state index is 0. The third-order valence-electron chi connectivity index (χ3n) is 3.23. The van der Waals surface area contributed by atoms with Crippen LogP contribution in [0.2, 0.25) is 0 Å². The Morgan fingerprint density at radius 2 is 1.74 bits per heavy atom. The van der Waals surface area contributed by atoms with E-state index in [1.807, 2.05) is 36.4 Å². The lowest BCUT2D eigenvalue weighted by atomic mass is 10.1.